The van der Waals surface area contributed by atoms with Gasteiger partial charge < -0.3 is 15.4 Å². The summed E-state index contributed by atoms with van der Waals surface area (Å²) >= 11 is 0. The molecular weight excluding hydrogens is 316 g/mol. The van der Waals surface area contributed by atoms with Crippen LogP contribution in [0.2, 0.25) is 0 Å². The van der Waals surface area contributed by atoms with E-state index in [2.05, 4.69) is 28.4 Å². The van der Waals surface area contributed by atoms with Crippen LogP contribution >= 0.6 is 0 Å². The number of amides is 1. The van der Waals surface area contributed by atoms with Gasteiger partial charge in [-0.05, 0) is 24.5 Å². The molecule has 0 aliphatic carbocycles. The molecule has 2 heterocycles. The van der Waals surface area contributed by atoms with Crippen molar-refractivity contribution in [1.82, 2.24) is 20.1 Å². The largest absolute Gasteiger partial charge is 0.383 e. The lowest BCUT2D eigenvalue weighted by atomic mass is 9.99. The number of hydrogen-bond acceptors (Lipinski definition) is 3. The summed E-state index contributed by atoms with van der Waals surface area (Å²) in [4.78, 5) is 15.6. The SMILES string of the molecule is CCc1cccc2c(CC(=O)NCC(C)(O)c3cnn(C)c3)c[nH]c12. The van der Waals surface area contributed by atoms with E-state index < -0.39 is 5.60 Å². The molecule has 3 aromatic rings. The second-order valence-corrected chi connectivity index (χ2v) is 6.64. The summed E-state index contributed by atoms with van der Waals surface area (Å²) in [7, 11) is 1.79. The zero-order valence-corrected chi connectivity index (χ0v) is 14.8. The zero-order chi connectivity index (χ0) is 18.0. The third-order valence-electron chi connectivity index (χ3n) is 4.58. The van der Waals surface area contributed by atoms with Gasteiger partial charge in [-0.25, -0.2) is 0 Å². The van der Waals surface area contributed by atoms with Gasteiger partial charge in [0.05, 0.1) is 19.2 Å². The van der Waals surface area contributed by atoms with E-state index in [0.717, 1.165) is 22.9 Å². The Bertz CT molecular complexity index is 892. The van der Waals surface area contributed by atoms with Gasteiger partial charge in [0.25, 0.3) is 0 Å². The van der Waals surface area contributed by atoms with Crippen LogP contribution in [0.5, 0.6) is 0 Å². The molecule has 6 heteroatoms. The molecule has 2 aromatic heterocycles. The second kappa shape index (κ2) is 6.72. The van der Waals surface area contributed by atoms with Gasteiger partial charge in [-0.3, -0.25) is 9.48 Å². The van der Waals surface area contributed by atoms with Crippen molar-refractivity contribution in [3.63, 3.8) is 0 Å². The average Bonchev–Trinajstić information content (AvgIpc) is 3.20. The first-order valence-electron chi connectivity index (χ1n) is 8.46. The minimum absolute atomic E-state index is 0.119. The Morgan fingerprint density at radius 1 is 1.40 bits per heavy atom. The molecule has 1 unspecified atom stereocenters. The summed E-state index contributed by atoms with van der Waals surface area (Å²) in [6.45, 7) is 3.92. The van der Waals surface area contributed by atoms with Crippen LogP contribution in [0.1, 0.15) is 30.5 Å². The minimum Gasteiger partial charge on any atom is -0.383 e. The molecule has 132 valence electrons. The van der Waals surface area contributed by atoms with Crippen molar-refractivity contribution in [3.05, 3.63) is 53.5 Å². The third-order valence-corrected chi connectivity index (χ3v) is 4.58. The van der Waals surface area contributed by atoms with Crippen molar-refractivity contribution in [1.29, 1.82) is 0 Å². The van der Waals surface area contributed by atoms with Crippen LogP contribution in [0, 0.1) is 0 Å². The highest BCUT2D eigenvalue weighted by molar-refractivity contribution is 5.90. The van der Waals surface area contributed by atoms with Crippen LogP contribution in [0.15, 0.2) is 36.8 Å². The summed E-state index contributed by atoms with van der Waals surface area (Å²) in [5.41, 5.74) is 2.82. The first-order valence-corrected chi connectivity index (χ1v) is 8.46. The van der Waals surface area contributed by atoms with E-state index in [9.17, 15) is 9.90 Å². The van der Waals surface area contributed by atoms with Crippen molar-refractivity contribution in [3.8, 4) is 0 Å². The Labute approximate surface area is 146 Å². The fourth-order valence-electron chi connectivity index (χ4n) is 3.02. The fraction of sp³-hybridized carbons (Fsp3) is 0.368. The van der Waals surface area contributed by atoms with Gasteiger partial charge in [0.2, 0.25) is 5.91 Å². The topological polar surface area (TPSA) is 82.9 Å². The molecule has 0 radical (unpaired) electrons. The van der Waals surface area contributed by atoms with E-state index in [4.69, 9.17) is 0 Å². The molecule has 1 aromatic carbocycles. The predicted octanol–water partition coefficient (Wildman–Crippen LogP) is 2.03. The number of aromatic amines is 1. The molecule has 3 rings (SSSR count). The molecule has 0 aliphatic rings. The first-order chi connectivity index (χ1) is 11.9. The van der Waals surface area contributed by atoms with Gasteiger partial charge in [-0.2, -0.15) is 5.10 Å². The molecule has 0 aliphatic heterocycles. The van der Waals surface area contributed by atoms with Gasteiger partial charge in [0.15, 0.2) is 0 Å². The summed E-state index contributed by atoms with van der Waals surface area (Å²) in [6.07, 6.45) is 6.46. The molecule has 3 N–H and O–H groups in total. The van der Waals surface area contributed by atoms with Crippen LogP contribution in [0.25, 0.3) is 10.9 Å². The molecule has 0 saturated carbocycles. The number of aliphatic hydroxyl groups is 1. The highest BCUT2D eigenvalue weighted by Crippen LogP contribution is 2.23. The maximum absolute atomic E-state index is 12.3. The molecule has 0 fully saturated rings. The van der Waals surface area contributed by atoms with Crippen molar-refractivity contribution in [2.24, 2.45) is 7.05 Å². The van der Waals surface area contributed by atoms with Gasteiger partial charge in [-0.15, -0.1) is 0 Å². The van der Waals surface area contributed by atoms with Crippen molar-refractivity contribution in [2.45, 2.75) is 32.3 Å². The Hall–Kier alpha value is -2.60. The number of nitrogens with zero attached hydrogens (tertiary/aromatic N) is 2. The molecule has 1 amide bonds. The smallest absolute Gasteiger partial charge is 0.224 e. The number of nitrogens with one attached hydrogen (secondary N) is 2. The van der Waals surface area contributed by atoms with Crippen molar-refractivity contribution < 1.29 is 9.90 Å². The first kappa shape index (κ1) is 17.2. The van der Waals surface area contributed by atoms with Gasteiger partial charge in [0, 0.05) is 35.9 Å². The number of para-hydroxylation sites is 1. The standard InChI is InChI=1S/C19H24N4O2/c1-4-13-6-5-7-16-14(9-20-18(13)16)8-17(24)21-12-19(2,25)15-10-22-23(3)11-15/h5-7,9-11,20,25H,4,8,12H2,1-3H3,(H,21,24). The molecule has 0 saturated heterocycles. The van der Waals surface area contributed by atoms with Gasteiger partial charge in [-0.1, -0.05) is 25.1 Å². The Kier molecular flexibility index (Phi) is 4.63. The number of fused-ring (bicyclic) bond motifs is 1. The quantitative estimate of drug-likeness (QED) is 0.642. The monoisotopic (exact) mass is 340 g/mol. The Balaban J connectivity index is 1.67. The van der Waals surface area contributed by atoms with E-state index in [1.165, 1.54) is 5.56 Å². The Morgan fingerprint density at radius 3 is 2.88 bits per heavy atom. The molecule has 25 heavy (non-hydrogen) atoms. The Morgan fingerprint density at radius 2 is 2.20 bits per heavy atom. The normalized spacial score (nSPS) is 13.8. The molecular formula is C19H24N4O2. The third kappa shape index (κ3) is 3.58. The van der Waals surface area contributed by atoms with E-state index >= 15 is 0 Å². The molecule has 0 spiro atoms. The maximum Gasteiger partial charge on any atom is 0.224 e. The highest BCUT2D eigenvalue weighted by atomic mass is 16.3. The van der Waals surface area contributed by atoms with Crippen LogP contribution in [0.4, 0.5) is 0 Å². The summed E-state index contributed by atoms with van der Waals surface area (Å²) < 4.78 is 1.63. The number of carbonyl (C=O) groups is 1. The van der Waals surface area contributed by atoms with Crippen LogP contribution in [0.3, 0.4) is 0 Å². The zero-order valence-electron chi connectivity index (χ0n) is 14.8. The number of rotatable bonds is 6. The van der Waals surface area contributed by atoms with Crippen molar-refractivity contribution >= 4 is 16.8 Å². The van der Waals surface area contributed by atoms with E-state index in [1.54, 1.807) is 31.0 Å². The lowest BCUT2D eigenvalue weighted by Gasteiger charge is -2.22. The van der Waals surface area contributed by atoms with Gasteiger partial charge in [0.1, 0.15) is 5.60 Å². The van der Waals surface area contributed by atoms with Crippen LogP contribution < -0.4 is 5.32 Å². The van der Waals surface area contributed by atoms with Crippen molar-refractivity contribution in [2.75, 3.05) is 6.54 Å². The number of benzene rings is 1. The van der Waals surface area contributed by atoms with E-state index in [1.807, 2.05) is 18.3 Å². The fourth-order valence-corrected chi connectivity index (χ4v) is 3.02. The molecule has 1 atom stereocenters. The lowest BCUT2D eigenvalue weighted by molar-refractivity contribution is -0.121. The predicted molar refractivity (Wildman–Crippen MR) is 97.2 cm³/mol. The van der Waals surface area contributed by atoms with Crippen LogP contribution in [-0.2, 0) is 30.3 Å². The number of hydrogen-bond donors (Lipinski definition) is 3. The summed E-state index contributed by atoms with van der Waals surface area (Å²) in [5.74, 6) is -0.119. The van der Waals surface area contributed by atoms with Gasteiger partial charge >= 0.3 is 0 Å². The number of aryl methyl sites for hydroxylation is 2. The minimum atomic E-state index is -1.15. The van der Waals surface area contributed by atoms with E-state index in [-0.39, 0.29) is 18.9 Å². The number of H-pyrrole nitrogens is 1. The summed E-state index contributed by atoms with van der Waals surface area (Å²) in [5, 5.41) is 18.5. The average molecular weight is 340 g/mol. The highest BCUT2D eigenvalue weighted by Gasteiger charge is 2.25. The van der Waals surface area contributed by atoms with Crippen LogP contribution in [-0.4, -0.2) is 32.3 Å². The number of aromatic nitrogens is 3. The summed E-state index contributed by atoms with van der Waals surface area (Å²) in [6, 6.07) is 6.14. The molecule has 6 nitrogen and oxygen atoms in total. The maximum atomic E-state index is 12.3. The van der Waals surface area contributed by atoms with E-state index in [0.29, 0.717) is 5.56 Å². The molecule has 0 bridgehead atoms. The number of carbonyl (C=O) groups excluding carboxylic acids is 1. The second-order valence-electron chi connectivity index (χ2n) is 6.64. The lowest BCUT2D eigenvalue weighted by Crippen LogP contribution is -2.39.